The molecule has 0 unspecified atom stereocenters. The van der Waals surface area contributed by atoms with Gasteiger partial charge < -0.3 is 16.0 Å². The highest BCUT2D eigenvalue weighted by molar-refractivity contribution is 6.31. The van der Waals surface area contributed by atoms with Crippen molar-refractivity contribution in [3.05, 3.63) is 47.2 Å². The topological polar surface area (TPSA) is 87.4 Å². The van der Waals surface area contributed by atoms with Crippen LogP contribution in [0.3, 0.4) is 0 Å². The summed E-state index contributed by atoms with van der Waals surface area (Å²) in [6.07, 6.45) is 4.42. The maximum absolute atomic E-state index is 12.2. The van der Waals surface area contributed by atoms with E-state index in [1.807, 2.05) is 6.07 Å². The summed E-state index contributed by atoms with van der Waals surface area (Å²) in [6.45, 7) is 5.30. The standard InChI is InChI=1S/C18H23ClN6O/c19-14-3-4-16(20)15(13-14)17(26)21-7-2-8-24-9-11-25(12-10-24)18-22-5-1-6-23-18/h1,3-6,13H,2,7-12,20H2,(H,21,26). The third-order valence-corrected chi connectivity index (χ3v) is 4.64. The summed E-state index contributed by atoms with van der Waals surface area (Å²) < 4.78 is 0. The number of rotatable bonds is 6. The number of nitrogens with two attached hydrogens (primary N) is 1. The van der Waals surface area contributed by atoms with E-state index in [2.05, 4.69) is 25.1 Å². The molecule has 1 aromatic carbocycles. The number of nitrogens with one attached hydrogen (secondary N) is 1. The van der Waals surface area contributed by atoms with Crippen LogP contribution in [0.1, 0.15) is 16.8 Å². The normalized spacial score (nSPS) is 15.0. The summed E-state index contributed by atoms with van der Waals surface area (Å²) in [5, 5.41) is 3.41. The maximum atomic E-state index is 12.2. The Balaban J connectivity index is 1.37. The van der Waals surface area contributed by atoms with Crippen LogP contribution in [0.25, 0.3) is 0 Å². The Labute approximate surface area is 158 Å². The molecule has 1 saturated heterocycles. The largest absolute Gasteiger partial charge is 0.398 e. The van der Waals surface area contributed by atoms with Gasteiger partial charge in [-0.15, -0.1) is 0 Å². The molecular formula is C18H23ClN6O. The number of aromatic nitrogens is 2. The highest BCUT2D eigenvalue weighted by Crippen LogP contribution is 2.17. The molecule has 3 N–H and O–H groups in total. The molecule has 26 heavy (non-hydrogen) atoms. The van der Waals surface area contributed by atoms with Crippen molar-refractivity contribution in [1.82, 2.24) is 20.2 Å². The molecule has 3 rings (SSSR count). The molecule has 0 aliphatic carbocycles. The molecule has 8 heteroatoms. The maximum Gasteiger partial charge on any atom is 0.253 e. The fourth-order valence-electron chi connectivity index (χ4n) is 2.95. The van der Waals surface area contributed by atoms with Crippen molar-refractivity contribution in [2.45, 2.75) is 6.42 Å². The van der Waals surface area contributed by atoms with Crippen molar-refractivity contribution in [1.29, 1.82) is 0 Å². The second-order valence-corrected chi connectivity index (χ2v) is 6.65. The van der Waals surface area contributed by atoms with Gasteiger partial charge in [-0.05, 0) is 37.2 Å². The van der Waals surface area contributed by atoms with Gasteiger partial charge in [0.05, 0.1) is 5.56 Å². The van der Waals surface area contributed by atoms with Gasteiger partial charge in [0.15, 0.2) is 0 Å². The molecule has 7 nitrogen and oxygen atoms in total. The van der Waals surface area contributed by atoms with Gasteiger partial charge in [-0.3, -0.25) is 9.69 Å². The predicted molar refractivity (Wildman–Crippen MR) is 103 cm³/mol. The van der Waals surface area contributed by atoms with Crippen LogP contribution in [0.5, 0.6) is 0 Å². The monoisotopic (exact) mass is 374 g/mol. The van der Waals surface area contributed by atoms with Crippen LogP contribution in [-0.4, -0.2) is 60.0 Å². The van der Waals surface area contributed by atoms with Crippen molar-refractivity contribution in [2.24, 2.45) is 0 Å². The second kappa shape index (κ2) is 8.82. The molecule has 0 saturated carbocycles. The van der Waals surface area contributed by atoms with E-state index in [1.54, 1.807) is 30.6 Å². The Morgan fingerprint density at radius 3 is 2.65 bits per heavy atom. The molecule has 0 spiro atoms. The first-order valence-electron chi connectivity index (χ1n) is 8.71. The van der Waals surface area contributed by atoms with E-state index in [0.717, 1.165) is 45.1 Å². The fourth-order valence-corrected chi connectivity index (χ4v) is 3.12. The van der Waals surface area contributed by atoms with E-state index in [9.17, 15) is 4.79 Å². The molecule has 1 fully saturated rings. The zero-order chi connectivity index (χ0) is 18.4. The highest BCUT2D eigenvalue weighted by atomic mass is 35.5. The molecule has 0 bridgehead atoms. The third kappa shape index (κ3) is 4.83. The summed E-state index contributed by atoms with van der Waals surface area (Å²) >= 11 is 5.92. The van der Waals surface area contributed by atoms with Crippen molar-refractivity contribution in [2.75, 3.05) is 49.9 Å². The number of hydrogen-bond donors (Lipinski definition) is 2. The first kappa shape index (κ1) is 18.4. The molecule has 1 amide bonds. The lowest BCUT2D eigenvalue weighted by Crippen LogP contribution is -2.47. The second-order valence-electron chi connectivity index (χ2n) is 6.22. The van der Waals surface area contributed by atoms with Crippen LogP contribution in [0, 0.1) is 0 Å². The average Bonchev–Trinajstić information content (AvgIpc) is 2.68. The summed E-state index contributed by atoms with van der Waals surface area (Å²) in [5.74, 6) is 0.606. The lowest BCUT2D eigenvalue weighted by molar-refractivity contribution is 0.0952. The number of nitrogen functional groups attached to an aromatic ring is 1. The summed E-state index contributed by atoms with van der Waals surface area (Å²) in [4.78, 5) is 25.4. The number of anilines is 2. The zero-order valence-electron chi connectivity index (χ0n) is 14.6. The molecular weight excluding hydrogens is 352 g/mol. The first-order chi connectivity index (χ1) is 12.6. The van der Waals surface area contributed by atoms with Crippen LogP contribution < -0.4 is 16.0 Å². The Kier molecular flexibility index (Phi) is 6.25. The lowest BCUT2D eigenvalue weighted by Gasteiger charge is -2.34. The molecule has 1 aromatic heterocycles. The zero-order valence-corrected chi connectivity index (χ0v) is 15.3. The molecule has 0 atom stereocenters. The number of hydrogen-bond acceptors (Lipinski definition) is 6. The Bertz CT molecular complexity index is 734. The molecule has 2 heterocycles. The van der Waals surface area contributed by atoms with Crippen LogP contribution in [0.2, 0.25) is 5.02 Å². The van der Waals surface area contributed by atoms with Gasteiger partial charge in [-0.1, -0.05) is 11.6 Å². The summed E-state index contributed by atoms with van der Waals surface area (Å²) in [6, 6.07) is 6.74. The molecule has 1 aliphatic heterocycles. The van der Waals surface area contributed by atoms with Gasteiger partial charge in [-0.25, -0.2) is 9.97 Å². The quantitative estimate of drug-likeness (QED) is 0.590. The van der Waals surface area contributed by atoms with Gasteiger partial charge >= 0.3 is 0 Å². The van der Waals surface area contributed by atoms with Crippen LogP contribution in [-0.2, 0) is 0 Å². The molecule has 0 radical (unpaired) electrons. The van der Waals surface area contributed by atoms with Gasteiger partial charge in [0, 0.05) is 55.8 Å². The number of amides is 1. The number of halogens is 1. The fraction of sp³-hybridized carbons (Fsp3) is 0.389. The van der Waals surface area contributed by atoms with E-state index in [4.69, 9.17) is 17.3 Å². The Hall–Kier alpha value is -2.38. The van der Waals surface area contributed by atoms with E-state index < -0.39 is 0 Å². The van der Waals surface area contributed by atoms with Gasteiger partial charge in [-0.2, -0.15) is 0 Å². The van der Waals surface area contributed by atoms with Crippen molar-refractivity contribution >= 4 is 29.1 Å². The van der Waals surface area contributed by atoms with Gasteiger partial charge in [0.25, 0.3) is 5.91 Å². The lowest BCUT2D eigenvalue weighted by atomic mass is 10.1. The number of nitrogens with zero attached hydrogens (tertiary/aromatic N) is 4. The summed E-state index contributed by atoms with van der Waals surface area (Å²) in [5.41, 5.74) is 6.69. The van der Waals surface area contributed by atoms with Gasteiger partial charge in [0.1, 0.15) is 0 Å². The average molecular weight is 375 g/mol. The molecule has 138 valence electrons. The Morgan fingerprint density at radius 2 is 1.92 bits per heavy atom. The van der Waals surface area contributed by atoms with Gasteiger partial charge in [0.2, 0.25) is 5.95 Å². The smallest absolute Gasteiger partial charge is 0.253 e. The number of carbonyl (C=O) groups excluding carboxylic acids is 1. The highest BCUT2D eigenvalue weighted by Gasteiger charge is 2.18. The SMILES string of the molecule is Nc1ccc(Cl)cc1C(=O)NCCCN1CCN(c2ncccn2)CC1. The van der Waals surface area contributed by atoms with Crippen LogP contribution in [0.4, 0.5) is 11.6 Å². The predicted octanol–water partition coefficient (Wildman–Crippen LogP) is 1.65. The van der Waals surface area contributed by atoms with E-state index >= 15 is 0 Å². The number of piperazine rings is 1. The van der Waals surface area contributed by atoms with Crippen molar-refractivity contribution in [3.8, 4) is 0 Å². The minimum absolute atomic E-state index is 0.184. The Morgan fingerprint density at radius 1 is 1.19 bits per heavy atom. The van der Waals surface area contributed by atoms with E-state index in [1.165, 1.54) is 0 Å². The van der Waals surface area contributed by atoms with Crippen molar-refractivity contribution in [3.63, 3.8) is 0 Å². The minimum atomic E-state index is -0.184. The van der Waals surface area contributed by atoms with E-state index in [-0.39, 0.29) is 5.91 Å². The third-order valence-electron chi connectivity index (χ3n) is 4.40. The van der Waals surface area contributed by atoms with Crippen LogP contribution in [0.15, 0.2) is 36.7 Å². The van der Waals surface area contributed by atoms with Crippen molar-refractivity contribution < 1.29 is 4.79 Å². The first-order valence-corrected chi connectivity index (χ1v) is 9.09. The van der Waals surface area contributed by atoms with Crippen LogP contribution >= 0.6 is 11.6 Å². The molecule has 1 aliphatic rings. The summed E-state index contributed by atoms with van der Waals surface area (Å²) in [7, 11) is 0. The number of carbonyl (C=O) groups is 1. The molecule has 2 aromatic rings. The number of benzene rings is 1. The minimum Gasteiger partial charge on any atom is -0.398 e. The van der Waals surface area contributed by atoms with E-state index in [0.29, 0.717) is 22.8 Å².